The van der Waals surface area contributed by atoms with Gasteiger partial charge < -0.3 is 15.4 Å². The molecule has 31 heavy (non-hydrogen) atoms. The Morgan fingerprint density at radius 1 is 1.00 bits per heavy atom. The van der Waals surface area contributed by atoms with E-state index in [1.165, 1.54) is 0 Å². The smallest absolute Gasteiger partial charge is 0.272 e. The topological polar surface area (TPSA) is 94.0 Å². The van der Waals surface area contributed by atoms with Gasteiger partial charge in [-0.15, -0.1) is 10.2 Å². The van der Waals surface area contributed by atoms with E-state index in [4.69, 9.17) is 4.74 Å². The number of imidazole rings is 1. The van der Waals surface area contributed by atoms with Crippen molar-refractivity contribution in [1.82, 2.24) is 25.1 Å². The van der Waals surface area contributed by atoms with Crippen molar-refractivity contribution in [1.29, 1.82) is 0 Å². The van der Waals surface area contributed by atoms with Crippen LogP contribution in [0.15, 0.2) is 67.0 Å². The molecule has 4 aromatic rings. The first-order valence-electron chi connectivity index (χ1n) is 10.3. The third-order valence-electron chi connectivity index (χ3n) is 5.31. The predicted octanol–water partition coefficient (Wildman–Crippen LogP) is 3.47. The Morgan fingerprint density at radius 2 is 1.84 bits per heavy atom. The number of anilines is 2. The Bertz CT molecular complexity index is 1180. The van der Waals surface area contributed by atoms with E-state index in [9.17, 15) is 4.79 Å². The molecule has 0 saturated carbocycles. The summed E-state index contributed by atoms with van der Waals surface area (Å²) in [5.74, 6) is 0.350. The van der Waals surface area contributed by atoms with Crippen LogP contribution in [-0.4, -0.2) is 44.9 Å². The second kappa shape index (κ2) is 8.53. The minimum Gasteiger partial charge on any atom is -0.381 e. The number of benzene rings is 2. The highest BCUT2D eigenvalue weighted by Gasteiger charge is 2.18. The molecule has 0 atom stereocenters. The minimum atomic E-state index is -0.209. The molecular weight excluding hydrogens is 392 g/mol. The van der Waals surface area contributed by atoms with Crippen molar-refractivity contribution in [3.63, 3.8) is 0 Å². The van der Waals surface area contributed by atoms with Gasteiger partial charge in [0.05, 0.1) is 11.0 Å². The van der Waals surface area contributed by atoms with Gasteiger partial charge in [-0.3, -0.25) is 9.36 Å². The number of fused-ring (bicyclic) bond motifs is 1. The van der Waals surface area contributed by atoms with E-state index in [-0.39, 0.29) is 11.9 Å². The maximum absolute atomic E-state index is 12.4. The van der Waals surface area contributed by atoms with Crippen molar-refractivity contribution in [2.45, 2.75) is 18.9 Å². The van der Waals surface area contributed by atoms with E-state index in [1.807, 2.05) is 59.4 Å². The number of rotatable bonds is 5. The van der Waals surface area contributed by atoms with Crippen molar-refractivity contribution in [2.75, 3.05) is 18.5 Å². The van der Waals surface area contributed by atoms with Crippen molar-refractivity contribution in [2.24, 2.45) is 0 Å². The van der Waals surface area contributed by atoms with E-state index in [0.717, 1.165) is 35.2 Å². The van der Waals surface area contributed by atoms with Crippen molar-refractivity contribution >= 4 is 28.4 Å². The Balaban J connectivity index is 1.28. The predicted molar refractivity (Wildman–Crippen MR) is 118 cm³/mol. The first kappa shape index (κ1) is 19.2. The summed E-state index contributed by atoms with van der Waals surface area (Å²) < 4.78 is 7.36. The highest BCUT2D eigenvalue weighted by Crippen LogP contribution is 2.23. The van der Waals surface area contributed by atoms with Gasteiger partial charge >= 0.3 is 0 Å². The van der Waals surface area contributed by atoms with E-state index in [1.54, 1.807) is 12.1 Å². The number of hydrogen-bond donors (Lipinski definition) is 2. The molecule has 1 amide bonds. The lowest BCUT2D eigenvalue weighted by atomic mass is 10.1. The van der Waals surface area contributed by atoms with Crippen LogP contribution in [0.1, 0.15) is 23.3 Å². The molecule has 8 nitrogen and oxygen atoms in total. The third kappa shape index (κ3) is 4.24. The summed E-state index contributed by atoms with van der Waals surface area (Å²) in [6.07, 6.45) is 3.46. The van der Waals surface area contributed by atoms with Gasteiger partial charge in [0.15, 0.2) is 11.5 Å². The summed E-state index contributed by atoms with van der Waals surface area (Å²) in [6, 6.07) is 19.6. The van der Waals surface area contributed by atoms with Gasteiger partial charge in [0.1, 0.15) is 6.33 Å². The first-order chi connectivity index (χ1) is 15.3. The number of hydrogen-bond acceptors (Lipinski definition) is 6. The van der Waals surface area contributed by atoms with Crippen molar-refractivity contribution < 1.29 is 9.53 Å². The fourth-order valence-corrected chi connectivity index (χ4v) is 3.65. The van der Waals surface area contributed by atoms with Crippen LogP contribution < -0.4 is 10.6 Å². The molecule has 1 aliphatic rings. The first-order valence-corrected chi connectivity index (χ1v) is 10.3. The summed E-state index contributed by atoms with van der Waals surface area (Å²) in [5, 5.41) is 14.4. The standard InChI is InChI=1S/C23H22N6O2/c30-23(26-16-10-12-31-13-11-16)19-7-9-22(28-27-19)25-17-6-8-21-20(14-17)24-15-29(21)18-4-2-1-3-5-18/h1-9,14-16H,10-13H2,(H,25,28)(H,26,30). The molecule has 1 fully saturated rings. The zero-order valence-electron chi connectivity index (χ0n) is 16.9. The number of nitrogens with zero attached hydrogens (tertiary/aromatic N) is 4. The summed E-state index contributed by atoms with van der Waals surface area (Å²) >= 11 is 0. The van der Waals surface area contributed by atoms with Gasteiger partial charge in [0.25, 0.3) is 5.91 Å². The molecule has 0 spiro atoms. The lowest BCUT2D eigenvalue weighted by Gasteiger charge is -2.22. The Labute approximate surface area is 179 Å². The van der Waals surface area contributed by atoms with Crippen LogP contribution in [0.5, 0.6) is 0 Å². The lowest BCUT2D eigenvalue weighted by Crippen LogP contribution is -2.39. The molecule has 3 heterocycles. The largest absolute Gasteiger partial charge is 0.381 e. The van der Waals surface area contributed by atoms with Crippen LogP contribution in [0.2, 0.25) is 0 Å². The van der Waals surface area contributed by atoms with Gasteiger partial charge in [-0.2, -0.15) is 0 Å². The number of ether oxygens (including phenoxy) is 1. The quantitative estimate of drug-likeness (QED) is 0.519. The molecule has 0 unspecified atom stereocenters. The normalized spacial score (nSPS) is 14.5. The average molecular weight is 414 g/mol. The fourth-order valence-electron chi connectivity index (χ4n) is 3.65. The molecule has 156 valence electrons. The van der Waals surface area contributed by atoms with Crippen LogP contribution in [-0.2, 0) is 4.74 Å². The maximum Gasteiger partial charge on any atom is 0.272 e. The number of amides is 1. The van der Waals surface area contributed by atoms with Crippen LogP contribution in [0.25, 0.3) is 16.7 Å². The summed E-state index contributed by atoms with van der Waals surface area (Å²) in [6.45, 7) is 1.35. The van der Waals surface area contributed by atoms with Crippen LogP contribution in [0.4, 0.5) is 11.5 Å². The number of carbonyl (C=O) groups is 1. The van der Waals surface area contributed by atoms with E-state index >= 15 is 0 Å². The highest BCUT2D eigenvalue weighted by atomic mass is 16.5. The van der Waals surface area contributed by atoms with E-state index in [0.29, 0.717) is 24.7 Å². The Kier molecular flexibility index (Phi) is 5.28. The molecule has 2 N–H and O–H groups in total. The van der Waals surface area contributed by atoms with Gasteiger partial charge in [-0.25, -0.2) is 4.98 Å². The molecule has 0 bridgehead atoms. The van der Waals surface area contributed by atoms with E-state index in [2.05, 4.69) is 25.8 Å². The maximum atomic E-state index is 12.4. The average Bonchev–Trinajstić information content (AvgIpc) is 3.24. The van der Waals surface area contributed by atoms with Crippen LogP contribution >= 0.6 is 0 Å². The zero-order chi connectivity index (χ0) is 21.0. The molecule has 5 rings (SSSR count). The highest BCUT2D eigenvalue weighted by molar-refractivity contribution is 5.92. The fraction of sp³-hybridized carbons (Fsp3) is 0.217. The monoisotopic (exact) mass is 414 g/mol. The minimum absolute atomic E-state index is 0.128. The SMILES string of the molecule is O=C(NC1CCOCC1)c1ccc(Nc2ccc3c(c2)ncn3-c2ccccc2)nn1. The molecule has 2 aromatic carbocycles. The second-order valence-corrected chi connectivity index (χ2v) is 7.44. The van der Waals surface area contributed by atoms with Crippen LogP contribution in [0, 0.1) is 0 Å². The molecule has 0 aliphatic carbocycles. The lowest BCUT2D eigenvalue weighted by molar-refractivity contribution is 0.0693. The van der Waals surface area contributed by atoms with Crippen molar-refractivity contribution in [3.8, 4) is 5.69 Å². The third-order valence-corrected chi connectivity index (χ3v) is 5.31. The second-order valence-electron chi connectivity index (χ2n) is 7.44. The summed E-state index contributed by atoms with van der Waals surface area (Å²) in [7, 11) is 0. The molecular formula is C23H22N6O2. The number of para-hydroxylation sites is 1. The van der Waals surface area contributed by atoms with Gasteiger partial charge in [0.2, 0.25) is 0 Å². The molecule has 1 aliphatic heterocycles. The molecule has 2 aromatic heterocycles. The van der Waals surface area contributed by atoms with Gasteiger partial charge in [-0.05, 0) is 55.3 Å². The number of carbonyl (C=O) groups excluding carboxylic acids is 1. The number of nitrogens with one attached hydrogen (secondary N) is 2. The van der Waals surface area contributed by atoms with E-state index < -0.39 is 0 Å². The number of aromatic nitrogens is 4. The van der Waals surface area contributed by atoms with Gasteiger partial charge in [-0.1, -0.05) is 18.2 Å². The molecule has 8 heteroatoms. The summed E-state index contributed by atoms with van der Waals surface area (Å²) in [4.78, 5) is 16.9. The molecule has 0 radical (unpaired) electrons. The molecule has 1 saturated heterocycles. The van der Waals surface area contributed by atoms with Crippen LogP contribution in [0.3, 0.4) is 0 Å². The van der Waals surface area contributed by atoms with Gasteiger partial charge in [0, 0.05) is 30.6 Å². The summed E-state index contributed by atoms with van der Waals surface area (Å²) in [5.41, 5.74) is 4.09. The Hall–Kier alpha value is -3.78. The zero-order valence-corrected chi connectivity index (χ0v) is 16.9. The Morgan fingerprint density at radius 3 is 2.61 bits per heavy atom. The van der Waals surface area contributed by atoms with Crippen molar-refractivity contribution in [3.05, 3.63) is 72.7 Å².